The molecule has 0 aromatic heterocycles. The van der Waals surface area contributed by atoms with Crippen molar-refractivity contribution in [1.82, 2.24) is 4.90 Å². The largest absolute Gasteiger partial charge is 0.378 e. The van der Waals surface area contributed by atoms with Crippen molar-refractivity contribution >= 4 is 5.91 Å². The Bertz CT molecular complexity index is 280. The molecule has 0 aromatic carbocycles. The second-order valence-corrected chi connectivity index (χ2v) is 5.76. The molecule has 3 aliphatic heterocycles. The van der Waals surface area contributed by atoms with Gasteiger partial charge in [0.05, 0.1) is 12.0 Å². The fraction of sp³-hybridized carbons (Fsp3) is 0.933. The molecule has 18 heavy (non-hydrogen) atoms. The number of β-lactam (4-membered cyclic amide) rings is 1. The molecule has 0 radical (unpaired) electrons. The smallest absolute Gasteiger partial charge is 0.230 e. The second kappa shape index (κ2) is 6.55. The zero-order chi connectivity index (χ0) is 13.0. The first-order valence-electron chi connectivity index (χ1n) is 7.67. The van der Waals surface area contributed by atoms with Crippen LogP contribution in [0.5, 0.6) is 0 Å². The molecule has 3 saturated heterocycles. The molecule has 3 heterocycles. The Labute approximate surface area is 111 Å². The van der Waals surface area contributed by atoms with Crippen LogP contribution in [-0.4, -0.2) is 36.1 Å². The summed E-state index contributed by atoms with van der Waals surface area (Å²) in [7, 11) is 0. The number of rotatable bonds is 2. The summed E-state index contributed by atoms with van der Waals surface area (Å²) in [6.07, 6.45) is 8.50. The van der Waals surface area contributed by atoms with Crippen LogP contribution in [0.4, 0.5) is 0 Å². The number of ether oxygens (including phenoxy) is 1. The van der Waals surface area contributed by atoms with Crippen LogP contribution in [0.3, 0.4) is 0 Å². The van der Waals surface area contributed by atoms with E-state index in [2.05, 4.69) is 18.7 Å². The van der Waals surface area contributed by atoms with Crippen molar-refractivity contribution in [2.45, 2.75) is 70.9 Å². The van der Waals surface area contributed by atoms with E-state index < -0.39 is 0 Å². The molecule has 0 unspecified atom stereocenters. The number of hydrogen-bond acceptors (Lipinski definition) is 2. The molecule has 0 spiro atoms. The average Bonchev–Trinajstić information content (AvgIpc) is 2.34. The van der Waals surface area contributed by atoms with Crippen LogP contribution >= 0.6 is 0 Å². The van der Waals surface area contributed by atoms with Crippen molar-refractivity contribution in [3.63, 3.8) is 0 Å². The van der Waals surface area contributed by atoms with E-state index in [-0.39, 0.29) is 12.0 Å². The summed E-state index contributed by atoms with van der Waals surface area (Å²) in [5.41, 5.74) is 0. The van der Waals surface area contributed by atoms with E-state index in [9.17, 15) is 4.79 Å². The van der Waals surface area contributed by atoms with Crippen molar-refractivity contribution in [2.75, 3.05) is 13.2 Å². The van der Waals surface area contributed by atoms with Crippen molar-refractivity contribution in [2.24, 2.45) is 5.92 Å². The Morgan fingerprint density at radius 3 is 2.72 bits per heavy atom. The van der Waals surface area contributed by atoms with Gasteiger partial charge in [-0.1, -0.05) is 32.6 Å². The van der Waals surface area contributed by atoms with Gasteiger partial charge in [0.2, 0.25) is 5.91 Å². The number of fused-ring (bicyclic) bond motifs is 8. The lowest BCUT2D eigenvalue weighted by Crippen LogP contribution is -2.64. The summed E-state index contributed by atoms with van der Waals surface area (Å²) in [6, 6.07) is 0.442. The van der Waals surface area contributed by atoms with Crippen LogP contribution in [0, 0.1) is 5.92 Å². The van der Waals surface area contributed by atoms with Gasteiger partial charge in [-0.3, -0.25) is 4.79 Å². The first kappa shape index (κ1) is 13.9. The number of carbonyl (C=O) groups excluding carboxylic acids is 1. The zero-order valence-electron chi connectivity index (χ0n) is 11.9. The quantitative estimate of drug-likeness (QED) is 0.708. The van der Waals surface area contributed by atoms with E-state index in [1.165, 1.54) is 25.7 Å². The lowest BCUT2D eigenvalue weighted by atomic mass is 9.80. The first-order valence-corrected chi connectivity index (χ1v) is 7.67. The van der Waals surface area contributed by atoms with Crippen LogP contribution < -0.4 is 0 Å². The lowest BCUT2D eigenvalue weighted by Gasteiger charge is -2.49. The molecule has 0 aromatic rings. The third kappa shape index (κ3) is 2.87. The highest BCUT2D eigenvalue weighted by Gasteiger charge is 2.49. The number of carbonyl (C=O) groups is 1. The van der Waals surface area contributed by atoms with Crippen LogP contribution in [0.2, 0.25) is 0 Å². The molecule has 3 rings (SSSR count). The normalized spacial score (nSPS) is 34.4. The van der Waals surface area contributed by atoms with Crippen molar-refractivity contribution in [3.8, 4) is 0 Å². The maximum atomic E-state index is 12.2. The Morgan fingerprint density at radius 1 is 1.22 bits per heavy atom. The number of amides is 1. The minimum Gasteiger partial charge on any atom is -0.378 e. The highest BCUT2D eigenvalue weighted by atomic mass is 16.5. The minimum atomic E-state index is 0.102. The molecule has 3 fully saturated rings. The molecule has 3 aliphatic rings. The summed E-state index contributed by atoms with van der Waals surface area (Å²) in [5.74, 6) is 0.464. The van der Waals surface area contributed by atoms with E-state index in [1.807, 2.05) is 0 Å². The predicted molar refractivity (Wildman–Crippen MR) is 72.4 cm³/mol. The van der Waals surface area contributed by atoms with Crippen LogP contribution in [0.1, 0.15) is 58.8 Å². The average molecular weight is 253 g/mol. The van der Waals surface area contributed by atoms with Gasteiger partial charge < -0.3 is 9.64 Å². The Balaban J connectivity index is 2.00. The number of nitrogens with zero attached hydrogens (tertiary/aromatic N) is 1. The van der Waals surface area contributed by atoms with Gasteiger partial charge in [0, 0.05) is 19.2 Å². The molecule has 3 heteroatoms. The van der Waals surface area contributed by atoms with Gasteiger partial charge in [-0.15, -0.1) is 0 Å². The Kier molecular flexibility index (Phi) is 5.04. The molecule has 0 saturated carbocycles. The SMILES string of the molecule is CCC[C@@H]1[C@H]2C(=O)N1CCCCCCCO[C@@H]2C. The lowest BCUT2D eigenvalue weighted by molar-refractivity contribution is -0.168. The highest BCUT2D eigenvalue weighted by molar-refractivity contribution is 5.86. The van der Waals surface area contributed by atoms with E-state index >= 15 is 0 Å². The van der Waals surface area contributed by atoms with Crippen LogP contribution in [0.15, 0.2) is 0 Å². The van der Waals surface area contributed by atoms with Crippen molar-refractivity contribution in [3.05, 3.63) is 0 Å². The topological polar surface area (TPSA) is 29.5 Å². The second-order valence-electron chi connectivity index (χ2n) is 5.76. The maximum absolute atomic E-state index is 12.2. The third-order valence-corrected chi connectivity index (χ3v) is 4.40. The van der Waals surface area contributed by atoms with E-state index in [4.69, 9.17) is 4.74 Å². The molecule has 3 atom stereocenters. The Morgan fingerprint density at radius 2 is 1.94 bits per heavy atom. The van der Waals surface area contributed by atoms with Crippen molar-refractivity contribution < 1.29 is 9.53 Å². The summed E-state index contributed by atoms with van der Waals surface area (Å²) in [4.78, 5) is 14.3. The summed E-state index contributed by atoms with van der Waals surface area (Å²) < 4.78 is 5.86. The van der Waals surface area contributed by atoms with E-state index in [0.29, 0.717) is 11.9 Å². The Hall–Kier alpha value is -0.570. The van der Waals surface area contributed by atoms with Gasteiger partial charge in [0.1, 0.15) is 0 Å². The fourth-order valence-corrected chi connectivity index (χ4v) is 3.34. The van der Waals surface area contributed by atoms with Gasteiger partial charge in [-0.05, 0) is 26.2 Å². The molecular weight excluding hydrogens is 226 g/mol. The van der Waals surface area contributed by atoms with Crippen molar-refractivity contribution in [1.29, 1.82) is 0 Å². The summed E-state index contributed by atoms with van der Waals surface area (Å²) in [6.45, 7) is 6.07. The van der Waals surface area contributed by atoms with Crippen LogP contribution in [-0.2, 0) is 9.53 Å². The maximum Gasteiger partial charge on any atom is 0.230 e. The molecule has 2 bridgehead atoms. The molecule has 0 aliphatic carbocycles. The third-order valence-electron chi connectivity index (χ3n) is 4.40. The van der Waals surface area contributed by atoms with Crippen LogP contribution in [0.25, 0.3) is 0 Å². The number of hydrogen-bond donors (Lipinski definition) is 0. The first-order chi connectivity index (χ1) is 8.75. The highest BCUT2D eigenvalue weighted by Crippen LogP contribution is 2.34. The monoisotopic (exact) mass is 253 g/mol. The molecule has 1 amide bonds. The van der Waals surface area contributed by atoms with Gasteiger partial charge >= 0.3 is 0 Å². The standard InChI is InChI=1S/C15H27NO2/c1-3-9-13-14-12(2)18-11-8-6-4-5-7-10-16(13)15(14)17/h12-14H,3-11H2,1-2H3/t12-,13-,14+/m1/s1. The van der Waals surface area contributed by atoms with Gasteiger partial charge in [-0.2, -0.15) is 0 Å². The molecule has 0 N–H and O–H groups in total. The molecular formula is C15H27NO2. The van der Waals surface area contributed by atoms with E-state index in [1.54, 1.807) is 0 Å². The minimum absolute atomic E-state index is 0.102. The predicted octanol–water partition coefficient (Wildman–Crippen LogP) is 2.98. The van der Waals surface area contributed by atoms with Gasteiger partial charge in [0.25, 0.3) is 0 Å². The van der Waals surface area contributed by atoms with E-state index in [0.717, 1.165) is 32.4 Å². The van der Waals surface area contributed by atoms with Gasteiger partial charge in [0.15, 0.2) is 0 Å². The zero-order valence-corrected chi connectivity index (χ0v) is 11.9. The fourth-order valence-electron chi connectivity index (χ4n) is 3.34. The molecule has 3 nitrogen and oxygen atoms in total. The van der Waals surface area contributed by atoms with Gasteiger partial charge in [-0.25, -0.2) is 0 Å². The molecule has 104 valence electrons. The summed E-state index contributed by atoms with van der Waals surface area (Å²) >= 11 is 0. The summed E-state index contributed by atoms with van der Waals surface area (Å²) in [5, 5.41) is 0.